The molecule has 2 aromatic carbocycles. The summed E-state index contributed by atoms with van der Waals surface area (Å²) in [7, 11) is 1.31. The molecule has 1 saturated heterocycles. The molecule has 0 spiro atoms. The Kier molecular flexibility index (Phi) is 5.46. The first-order valence-corrected chi connectivity index (χ1v) is 10.2. The van der Waals surface area contributed by atoms with Crippen molar-refractivity contribution in [3.8, 4) is 5.69 Å². The van der Waals surface area contributed by atoms with Gasteiger partial charge in [0.05, 0.1) is 29.3 Å². The summed E-state index contributed by atoms with van der Waals surface area (Å²) in [6, 6.07) is 12.4. The number of benzene rings is 2. The molecule has 160 valence electrons. The molecule has 1 fully saturated rings. The highest BCUT2D eigenvalue weighted by atomic mass is 16.5. The van der Waals surface area contributed by atoms with Crippen molar-refractivity contribution >= 4 is 28.7 Å². The van der Waals surface area contributed by atoms with Crippen molar-refractivity contribution in [3.63, 3.8) is 0 Å². The summed E-state index contributed by atoms with van der Waals surface area (Å²) in [5, 5.41) is 0.406. The molecule has 31 heavy (non-hydrogen) atoms. The maximum atomic E-state index is 13.5. The fraction of sp³-hybridized carbons (Fsp3) is 0.304. The van der Waals surface area contributed by atoms with Crippen LogP contribution in [0.4, 0.5) is 5.95 Å². The number of amides is 1. The van der Waals surface area contributed by atoms with Crippen LogP contribution < -0.4 is 16.2 Å². The van der Waals surface area contributed by atoms with E-state index >= 15 is 0 Å². The van der Waals surface area contributed by atoms with Crippen LogP contribution in [0.25, 0.3) is 16.6 Å². The molecule has 1 aromatic heterocycles. The lowest BCUT2D eigenvalue weighted by atomic mass is 9.96. The Hall–Kier alpha value is -3.68. The number of ether oxygens (including phenoxy) is 1. The molecule has 2 N–H and O–H groups in total. The predicted molar refractivity (Wildman–Crippen MR) is 118 cm³/mol. The van der Waals surface area contributed by atoms with Gasteiger partial charge in [0.25, 0.3) is 5.56 Å². The van der Waals surface area contributed by atoms with Gasteiger partial charge < -0.3 is 15.4 Å². The second-order valence-electron chi connectivity index (χ2n) is 7.78. The fourth-order valence-electron chi connectivity index (χ4n) is 3.92. The average molecular weight is 420 g/mol. The van der Waals surface area contributed by atoms with E-state index in [0.717, 1.165) is 5.56 Å². The predicted octanol–water partition coefficient (Wildman–Crippen LogP) is 2.18. The lowest BCUT2D eigenvalue weighted by Gasteiger charge is -2.32. The molecule has 0 bridgehead atoms. The summed E-state index contributed by atoms with van der Waals surface area (Å²) >= 11 is 0. The molecule has 8 nitrogen and oxygen atoms in total. The molecule has 0 radical (unpaired) electrons. The normalized spacial score (nSPS) is 14.6. The summed E-state index contributed by atoms with van der Waals surface area (Å²) in [6.07, 6.45) is 1.19. The van der Waals surface area contributed by atoms with Gasteiger partial charge in [0.1, 0.15) is 0 Å². The topological polar surface area (TPSA) is 108 Å². The van der Waals surface area contributed by atoms with E-state index in [1.807, 2.05) is 36.1 Å². The quantitative estimate of drug-likeness (QED) is 0.648. The molecule has 1 amide bonds. The fourth-order valence-corrected chi connectivity index (χ4v) is 3.92. The van der Waals surface area contributed by atoms with E-state index in [1.54, 1.807) is 22.8 Å². The van der Waals surface area contributed by atoms with Gasteiger partial charge >= 0.3 is 5.97 Å². The van der Waals surface area contributed by atoms with E-state index in [-0.39, 0.29) is 17.4 Å². The van der Waals surface area contributed by atoms with Crippen LogP contribution in [0.5, 0.6) is 0 Å². The molecular formula is C23H24N4O4. The number of carbonyl (C=O) groups excluding carboxylic acids is 2. The minimum Gasteiger partial charge on any atom is -0.465 e. The molecule has 2 heterocycles. The monoisotopic (exact) mass is 420 g/mol. The highest BCUT2D eigenvalue weighted by molar-refractivity contribution is 5.94. The number of carbonyl (C=O) groups is 2. The molecular weight excluding hydrogens is 396 g/mol. The van der Waals surface area contributed by atoms with Crippen molar-refractivity contribution in [3.05, 3.63) is 63.9 Å². The van der Waals surface area contributed by atoms with Crippen molar-refractivity contribution in [2.75, 3.05) is 25.1 Å². The van der Waals surface area contributed by atoms with Gasteiger partial charge in [-0.3, -0.25) is 9.59 Å². The smallest absolute Gasteiger partial charge is 0.337 e. The Labute approximate surface area is 179 Å². The number of nitrogens with zero attached hydrogens (tertiary/aromatic N) is 3. The third-order valence-electron chi connectivity index (χ3n) is 5.75. The minimum absolute atomic E-state index is 0.179. The second kappa shape index (κ2) is 8.22. The molecule has 0 unspecified atom stereocenters. The number of esters is 1. The van der Waals surface area contributed by atoms with Gasteiger partial charge in [-0.25, -0.2) is 14.3 Å². The van der Waals surface area contributed by atoms with Crippen LogP contribution in [0.2, 0.25) is 0 Å². The SMILES string of the molecule is COC(=O)c1ccc2c(=O)n(-c3ccc(C)cc3)c(N3CCC(C(N)=O)CC3)nc2c1. The zero-order chi connectivity index (χ0) is 22.1. The summed E-state index contributed by atoms with van der Waals surface area (Å²) in [6.45, 7) is 3.08. The van der Waals surface area contributed by atoms with Gasteiger partial charge in [-0.2, -0.15) is 0 Å². The van der Waals surface area contributed by atoms with Crippen LogP contribution in [-0.4, -0.2) is 41.6 Å². The number of aromatic nitrogens is 2. The van der Waals surface area contributed by atoms with E-state index in [9.17, 15) is 14.4 Å². The van der Waals surface area contributed by atoms with Crippen LogP contribution in [0.15, 0.2) is 47.3 Å². The summed E-state index contributed by atoms with van der Waals surface area (Å²) in [5.74, 6) is -0.492. The van der Waals surface area contributed by atoms with Crippen molar-refractivity contribution in [1.29, 1.82) is 0 Å². The summed E-state index contributed by atoms with van der Waals surface area (Å²) in [5.41, 5.74) is 7.78. The molecule has 1 aliphatic rings. The number of hydrogen-bond donors (Lipinski definition) is 1. The second-order valence-corrected chi connectivity index (χ2v) is 7.78. The number of piperidine rings is 1. The van der Waals surface area contributed by atoms with Gasteiger partial charge in [-0.1, -0.05) is 17.7 Å². The van der Waals surface area contributed by atoms with Crippen molar-refractivity contribution in [2.45, 2.75) is 19.8 Å². The Morgan fingerprint density at radius 2 is 1.77 bits per heavy atom. The molecule has 3 aromatic rings. The standard InChI is InChI=1S/C23H24N4O4/c1-14-3-6-17(7-4-14)27-21(29)18-8-5-16(22(30)31-2)13-19(18)25-23(27)26-11-9-15(10-12-26)20(24)28/h3-8,13,15H,9-12H2,1-2H3,(H2,24,28). The lowest BCUT2D eigenvalue weighted by molar-refractivity contribution is -0.122. The average Bonchev–Trinajstić information content (AvgIpc) is 2.79. The van der Waals surface area contributed by atoms with Gasteiger partial charge in [0, 0.05) is 19.0 Å². The Morgan fingerprint density at radius 1 is 1.10 bits per heavy atom. The van der Waals surface area contributed by atoms with Crippen molar-refractivity contribution in [2.24, 2.45) is 11.7 Å². The number of anilines is 1. The minimum atomic E-state index is -0.491. The third-order valence-corrected chi connectivity index (χ3v) is 5.75. The zero-order valence-electron chi connectivity index (χ0n) is 17.5. The zero-order valence-corrected chi connectivity index (χ0v) is 17.5. The molecule has 0 aliphatic carbocycles. The number of fused-ring (bicyclic) bond motifs is 1. The van der Waals surface area contributed by atoms with Gasteiger partial charge in [0.2, 0.25) is 11.9 Å². The van der Waals surface area contributed by atoms with E-state index in [1.165, 1.54) is 7.11 Å². The number of primary amides is 1. The highest BCUT2D eigenvalue weighted by Crippen LogP contribution is 2.25. The third kappa shape index (κ3) is 3.88. The number of methoxy groups -OCH3 is 1. The van der Waals surface area contributed by atoms with Crippen molar-refractivity contribution in [1.82, 2.24) is 9.55 Å². The lowest BCUT2D eigenvalue weighted by Crippen LogP contribution is -2.41. The summed E-state index contributed by atoms with van der Waals surface area (Å²) in [4.78, 5) is 43.8. The van der Waals surface area contributed by atoms with Gasteiger partial charge in [-0.15, -0.1) is 0 Å². The Balaban J connectivity index is 1.88. The number of nitrogens with two attached hydrogens (primary N) is 1. The van der Waals surface area contributed by atoms with Crippen LogP contribution in [0.1, 0.15) is 28.8 Å². The number of hydrogen-bond acceptors (Lipinski definition) is 6. The Morgan fingerprint density at radius 3 is 2.39 bits per heavy atom. The molecule has 1 aliphatic heterocycles. The molecule has 0 saturated carbocycles. The maximum Gasteiger partial charge on any atom is 0.337 e. The first-order chi connectivity index (χ1) is 14.9. The first kappa shape index (κ1) is 20.6. The van der Waals surface area contributed by atoms with Crippen molar-refractivity contribution < 1.29 is 14.3 Å². The van der Waals surface area contributed by atoms with Crippen LogP contribution in [0.3, 0.4) is 0 Å². The van der Waals surface area contributed by atoms with E-state index in [4.69, 9.17) is 15.5 Å². The van der Waals surface area contributed by atoms with Gasteiger partial charge in [-0.05, 0) is 50.1 Å². The molecule has 0 atom stereocenters. The van der Waals surface area contributed by atoms with Gasteiger partial charge in [0.15, 0.2) is 0 Å². The van der Waals surface area contributed by atoms with E-state index < -0.39 is 5.97 Å². The number of rotatable bonds is 4. The van der Waals surface area contributed by atoms with E-state index in [2.05, 4.69) is 0 Å². The largest absolute Gasteiger partial charge is 0.465 e. The molecule has 4 rings (SSSR count). The highest BCUT2D eigenvalue weighted by Gasteiger charge is 2.27. The molecule has 8 heteroatoms. The summed E-state index contributed by atoms with van der Waals surface area (Å²) < 4.78 is 6.38. The van der Waals surface area contributed by atoms with Crippen LogP contribution >= 0.6 is 0 Å². The van der Waals surface area contributed by atoms with Crippen LogP contribution in [0, 0.1) is 12.8 Å². The maximum absolute atomic E-state index is 13.5. The van der Waals surface area contributed by atoms with Crippen LogP contribution in [-0.2, 0) is 9.53 Å². The first-order valence-electron chi connectivity index (χ1n) is 10.2. The van der Waals surface area contributed by atoms with E-state index in [0.29, 0.717) is 54.0 Å². The number of aryl methyl sites for hydroxylation is 1. The Bertz CT molecular complexity index is 1210.